The first-order valence-corrected chi connectivity index (χ1v) is 5.32. The zero-order valence-corrected chi connectivity index (χ0v) is 14.3. The number of hydrogen-bond acceptors (Lipinski definition) is 3. The van der Waals surface area contributed by atoms with E-state index >= 15 is 0 Å². The summed E-state index contributed by atoms with van der Waals surface area (Å²) in [5, 5.41) is 8.41. The second kappa shape index (κ2) is 7.40. The topological polar surface area (TPSA) is 63.6 Å². The molecule has 0 aliphatic heterocycles. The van der Waals surface area contributed by atoms with Crippen LogP contribution in [0, 0.1) is 0 Å². The Bertz CT molecular complexity index is 423. The van der Waals surface area contributed by atoms with Crippen LogP contribution in [0.5, 0.6) is 5.75 Å². The number of carboxylic acid groups (broad SMARTS) is 1. The zero-order chi connectivity index (χ0) is 13.1. The van der Waals surface area contributed by atoms with E-state index in [0.717, 1.165) is 5.56 Å². The first-order valence-electron chi connectivity index (χ1n) is 5.32. The molecule has 0 aliphatic carbocycles. The van der Waals surface area contributed by atoms with Crippen molar-refractivity contribution in [3.05, 3.63) is 29.8 Å². The van der Waals surface area contributed by atoms with Crippen LogP contribution in [0.4, 0.5) is 0 Å². The normalized spacial score (nSPS) is 10.4. The Hall–Kier alpha value is -0.204. The van der Waals surface area contributed by atoms with Crippen molar-refractivity contribution in [1.82, 2.24) is 0 Å². The Morgan fingerprint density at radius 3 is 2.11 bits per heavy atom. The van der Waals surface area contributed by atoms with Gasteiger partial charge >= 0.3 is 63.3 Å². The van der Waals surface area contributed by atoms with E-state index in [4.69, 9.17) is 9.84 Å². The Morgan fingerprint density at radius 1 is 1.22 bits per heavy atom. The van der Waals surface area contributed by atoms with Crippen molar-refractivity contribution in [2.75, 3.05) is 0 Å². The van der Waals surface area contributed by atoms with E-state index in [1.54, 1.807) is 12.1 Å². The van der Waals surface area contributed by atoms with E-state index in [1.807, 2.05) is 12.1 Å². The molecule has 4 nitrogen and oxygen atoms in total. The molecule has 0 heterocycles. The molecule has 0 saturated heterocycles. The molecule has 1 aromatic carbocycles. The van der Waals surface area contributed by atoms with Gasteiger partial charge in [0.25, 0.3) is 0 Å². The van der Waals surface area contributed by atoms with Crippen molar-refractivity contribution in [3.63, 3.8) is 0 Å². The molecule has 0 spiro atoms. The monoisotopic (exact) mass is 276 g/mol. The maximum absolute atomic E-state index is 11.1. The SMILES string of the molecule is CC(C)(C)c1ccc(OC(=O)CC(=O)O)cc1.[H-].[K+]. The fraction of sp³-hybridized carbons (Fsp3) is 0.385. The minimum absolute atomic E-state index is 0. The van der Waals surface area contributed by atoms with E-state index in [-0.39, 0.29) is 58.2 Å². The fourth-order valence-corrected chi connectivity index (χ4v) is 1.31. The molecule has 0 radical (unpaired) electrons. The van der Waals surface area contributed by atoms with Crippen LogP contribution in [-0.4, -0.2) is 17.0 Å². The molecular weight excluding hydrogens is 259 g/mol. The molecule has 0 amide bonds. The summed E-state index contributed by atoms with van der Waals surface area (Å²) in [4.78, 5) is 21.4. The zero-order valence-electron chi connectivity index (χ0n) is 12.2. The van der Waals surface area contributed by atoms with Gasteiger partial charge in [-0.1, -0.05) is 32.9 Å². The Labute approximate surface area is 151 Å². The second-order valence-corrected chi connectivity index (χ2v) is 4.82. The summed E-state index contributed by atoms with van der Waals surface area (Å²) in [6.45, 7) is 6.25. The predicted octanol–water partition coefficient (Wildman–Crippen LogP) is -0.519. The van der Waals surface area contributed by atoms with E-state index in [0.29, 0.717) is 5.75 Å². The largest absolute Gasteiger partial charge is 1.00 e. The second-order valence-electron chi connectivity index (χ2n) is 4.82. The molecule has 0 fully saturated rings. The predicted molar refractivity (Wildman–Crippen MR) is 64.1 cm³/mol. The number of carboxylic acids is 1. The van der Waals surface area contributed by atoms with Gasteiger partial charge in [-0.25, -0.2) is 0 Å². The van der Waals surface area contributed by atoms with E-state index in [1.165, 1.54) is 0 Å². The molecule has 0 aromatic heterocycles. The molecule has 1 N–H and O–H groups in total. The number of rotatable bonds is 3. The third-order valence-corrected chi connectivity index (χ3v) is 2.25. The van der Waals surface area contributed by atoms with Crippen LogP contribution >= 0.6 is 0 Å². The maximum Gasteiger partial charge on any atom is 1.00 e. The Kier molecular flexibility index (Phi) is 7.32. The van der Waals surface area contributed by atoms with E-state index < -0.39 is 18.4 Å². The summed E-state index contributed by atoms with van der Waals surface area (Å²) < 4.78 is 4.87. The summed E-state index contributed by atoms with van der Waals surface area (Å²) >= 11 is 0. The maximum atomic E-state index is 11.1. The minimum Gasteiger partial charge on any atom is -1.00 e. The van der Waals surface area contributed by atoms with Crippen LogP contribution in [0.3, 0.4) is 0 Å². The van der Waals surface area contributed by atoms with Gasteiger partial charge in [0.2, 0.25) is 0 Å². The van der Waals surface area contributed by atoms with Crippen molar-refractivity contribution < 1.29 is 72.2 Å². The van der Waals surface area contributed by atoms with Crippen molar-refractivity contribution in [3.8, 4) is 5.75 Å². The third-order valence-electron chi connectivity index (χ3n) is 2.25. The quantitative estimate of drug-likeness (QED) is 0.349. The van der Waals surface area contributed by atoms with Gasteiger partial charge in [0, 0.05) is 0 Å². The average Bonchev–Trinajstić information content (AvgIpc) is 2.15. The molecule has 0 bridgehead atoms. The van der Waals surface area contributed by atoms with Crippen LogP contribution in [0.1, 0.15) is 34.2 Å². The average molecular weight is 276 g/mol. The first-order chi connectivity index (χ1) is 7.79. The van der Waals surface area contributed by atoms with E-state index in [2.05, 4.69) is 20.8 Å². The molecule has 5 heteroatoms. The smallest absolute Gasteiger partial charge is 1.00 e. The number of carbonyl (C=O) groups excluding carboxylic acids is 1. The summed E-state index contributed by atoms with van der Waals surface area (Å²) in [5.74, 6) is -1.59. The summed E-state index contributed by atoms with van der Waals surface area (Å²) in [6, 6.07) is 7.06. The van der Waals surface area contributed by atoms with Gasteiger partial charge in [-0.3, -0.25) is 9.59 Å². The molecule has 1 aromatic rings. The van der Waals surface area contributed by atoms with Crippen molar-refractivity contribution in [2.24, 2.45) is 0 Å². The fourth-order valence-electron chi connectivity index (χ4n) is 1.31. The number of hydrogen-bond donors (Lipinski definition) is 1. The minimum atomic E-state index is -1.19. The van der Waals surface area contributed by atoms with Crippen LogP contribution < -0.4 is 56.1 Å². The number of carbonyl (C=O) groups is 2. The van der Waals surface area contributed by atoms with Gasteiger partial charge in [0.15, 0.2) is 0 Å². The number of benzene rings is 1. The van der Waals surface area contributed by atoms with Crippen LogP contribution in [-0.2, 0) is 15.0 Å². The van der Waals surface area contributed by atoms with Crippen LogP contribution in [0.15, 0.2) is 24.3 Å². The molecule has 0 unspecified atom stereocenters. The number of esters is 1. The standard InChI is InChI=1S/C13H16O4.K.H/c1-13(2,3)9-4-6-10(7-5-9)17-12(16)8-11(14)15;;/h4-7H,8H2,1-3H3,(H,14,15);;/q;+1;-1. The first kappa shape index (κ1) is 17.8. The summed E-state index contributed by atoms with van der Waals surface area (Å²) in [7, 11) is 0. The van der Waals surface area contributed by atoms with E-state index in [9.17, 15) is 9.59 Å². The summed E-state index contributed by atoms with van der Waals surface area (Å²) in [5.41, 5.74) is 1.15. The van der Waals surface area contributed by atoms with Gasteiger partial charge in [0.05, 0.1) is 0 Å². The van der Waals surface area contributed by atoms with Crippen molar-refractivity contribution in [1.29, 1.82) is 0 Å². The van der Waals surface area contributed by atoms with Gasteiger partial charge in [-0.2, -0.15) is 0 Å². The van der Waals surface area contributed by atoms with Crippen molar-refractivity contribution in [2.45, 2.75) is 32.6 Å². The molecule has 94 valence electrons. The Balaban J connectivity index is 0. The molecule has 18 heavy (non-hydrogen) atoms. The third kappa shape index (κ3) is 6.11. The number of aliphatic carboxylic acids is 1. The van der Waals surface area contributed by atoms with Crippen LogP contribution in [0.25, 0.3) is 0 Å². The van der Waals surface area contributed by atoms with Crippen molar-refractivity contribution >= 4 is 11.9 Å². The summed E-state index contributed by atoms with van der Waals surface area (Å²) in [6.07, 6.45) is -0.624. The Morgan fingerprint density at radius 2 is 1.72 bits per heavy atom. The van der Waals surface area contributed by atoms with Gasteiger partial charge in [-0.05, 0) is 23.1 Å². The molecule has 1 rings (SSSR count). The van der Waals surface area contributed by atoms with Gasteiger partial charge < -0.3 is 11.3 Å². The molecular formula is C13H17KO4. The molecule has 0 saturated carbocycles. The van der Waals surface area contributed by atoms with Gasteiger partial charge in [0.1, 0.15) is 12.2 Å². The number of ether oxygens (including phenoxy) is 1. The molecule has 0 atom stereocenters. The molecule has 0 aliphatic rings. The van der Waals surface area contributed by atoms with Crippen LogP contribution in [0.2, 0.25) is 0 Å². The van der Waals surface area contributed by atoms with Gasteiger partial charge in [-0.15, -0.1) is 0 Å².